The molecule has 2 atom stereocenters. The Balaban J connectivity index is 2.27. The molecule has 1 aliphatic rings. The lowest BCUT2D eigenvalue weighted by Crippen LogP contribution is -2.24. The van der Waals surface area contributed by atoms with Gasteiger partial charge in [-0.2, -0.15) is 0 Å². The van der Waals surface area contributed by atoms with Crippen LogP contribution in [0.5, 0.6) is 0 Å². The smallest absolute Gasteiger partial charge is 0.0319 e. The highest BCUT2D eigenvalue weighted by Gasteiger charge is 2.16. The molecule has 11 heavy (non-hydrogen) atoms. The zero-order valence-electron chi connectivity index (χ0n) is 7.34. The van der Waals surface area contributed by atoms with Gasteiger partial charge >= 0.3 is 0 Å². The van der Waals surface area contributed by atoms with E-state index in [2.05, 4.69) is 12.4 Å². The van der Waals surface area contributed by atoms with Crippen LogP contribution in [0.1, 0.15) is 45.4 Å². The maximum Gasteiger partial charge on any atom is 0.0319 e. The molecule has 1 fully saturated rings. The SMILES string of the molecule is CCC1CCCC(NO)CC1. The maximum absolute atomic E-state index is 8.72. The van der Waals surface area contributed by atoms with Gasteiger partial charge in [-0.25, -0.2) is 5.48 Å². The number of hydrogen-bond acceptors (Lipinski definition) is 2. The molecule has 0 heterocycles. The van der Waals surface area contributed by atoms with Crippen molar-refractivity contribution in [1.29, 1.82) is 0 Å². The third-order valence-electron chi connectivity index (χ3n) is 2.85. The van der Waals surface area contributed by atoms with Crippen molar-refractivity contribution in [3.8, 4) is 0 Å². The Bertz CT molecular complexity index is 93.7. The van der Waals surface area contributed by atoms with E-state index in [-0.39, 0.29) is 0 Å². The fourth-order valence-corrected chi connectivity index (χ4v) is 1.92. The predicted octanol–water partition coefficient (Wildman–Crippen LogP) is 2.32. The Morgan fingerprint density at radius 1 is 1.27 bits per heavy atom. The maximum atomic E-state index is 8.72. The average Bonchev–Trinajstić information content (AvgIpc) is 2.28. The first-order valence-electron chi connectivity index (χ1n) is 4.76. The van der Waals surface area contributed by atoms with Gasteiger partial charge in [0.25, 0.3) is 0 Å². The summed E-state index contributed by atoms with van der Waals surface area (Å²) in [5.74, 6) is 0.911. The van der Waals surface area contributed by atoms with E-state index < -0.39 is 0 Å². The summed E-state index contributed by atoms with van der Waals surface area (Å²) in [7, 11) is 0. The highest BCUT2D eigenvalue weighted by molar-refractivity contribution is 4.71. The molecule has 2 unspecified atom stereocenters. The minimum absolute atomic E-state index is 0.367. The highest BCUT2D eigenvalue weighted by Crippen LogP contribution is 2.24. The van der Waals surface area contributed by atoms with E-state index in [1.165, 1.54) is 25.7 Å². The van der Waals surface area contributed by atoms with E-state index >= 15 is 0 Å². The minimum Gasteiger partial charge on any atom is -0.317 e. The zero-order chi connectivity index (χ0) is 8.10. The largest absolute Gasteiger partial charge is 0.317 e. The number of rotatable bonds is 2. The number of nitrogens with one attached hydrogen (secondary N) is 1. The Hall–Kier alpha value is -0.0800. The van der Waals surface area contributed by atoms with Gasteiger partial charge in [0, 0.05) is 6.04 Å². The first kappa shape index (κ1) is 9.01. The Morgan fingerprint density at radius 3 is 2.73 bits per heavy atom. The Labute approximate surface area is 69.0 Å². The summed E-state index contributed by atoms with van der Waals surface area (Å²) >= 11 is 0. The van der Waals surface area contributed by atoms with Crippen LogP contribution >= 0.6 is 0 Å². The van der Waals surface area contributed by atoms with Gasteiger partial charge in [0.15, 0.2) is 0 Å². The monoisotopic (exact) mass is 157 g/mol. The van der Waals surface area contributed by atoms with Crippen molar-refractivity contribution >= 4 is 0 Å². The molecule has 0 spiro atoms. The van der Waals surface area contributed by atoms with Crippen LogP contribution in [0.4, 0.5) is 0 Å². The predicted molar refractivity (Wildman–Crippen MR) is 45.6 cm³/mol. The van der Waals surface area contributed by atoms with Gasteiger partial charge < -0.3 is 5.21 Å². The molecule has 66 valence electrons. The number of hydroxylamine groups is 1. The molecule has 0 radical (unpaired) electrons. The third kappa shape index (κ3) is 2.80. The summed E-state index contributed by atoms with van der Waals surface area (Å²) in [4.78, 5) is 0. The first-order valence-corrected chi connectivity index (χ1v) is 4.76. The molecule has 0 aromatic carbocycles. The molecule has 0 aromatic heterocycles. The van der Waals surface area contributed by atoms with Crippen molar-refractivity contribution in [2.24, 2.45) is 5.92 Å². The molecule has 0 aliphatic heterocycles. The molecular formula is C9H19NO. The van der Waals surface area contributed by atoms with Crippen LogP contribution in [0.3, 0.4) is 0 Å². The van der Waals surface area contributed by atoms with Gasteiger partial charge in [-0.1, -0.05) is 26.2 Å². The van der Waals surface area contributed by atoms with Crippen molar-refractivity contribution in [3.63, 3.8) is 0 Å². The molecule has 1 saturated carbocycles. The Morgan fingerprint density at radius 2 is 2.09 bits per heavy atom. The van der Waals surface area contributed by atoms with E-state index in [0.29, 0.717) is 6.04 Å². The zero-order valence-corrected chi connectivity index (χ0v) is 7.34. The van der Waals surface area contributed by atoms with Crippen molar-refractivity contribution in [2.75, 3.05) is 0 Å². The summed E-state index contributed by atoms with van der Waals surface area (Å²) in [6.45, 7) is 2.26. The molecule has 2 nitrogen and oxygen atoms in total. The standard InChI is InChI=1S/C9H19NO/c1-2-8-4-3-5-9(10-11)7-6-8/h8-11H,2-7H2,1H3. The lowest BCUT2D eigenvalue weighted by atomic mass is 9.98. The van der Waals surface area contributed by atoms with Gasteiger partial charge in [0.05, 0.1) is 0 Å². The molecule has 0 aromatic rings. The quantitative estimate of drug-likeness (QED) is 0.476. The van der Waals surface area contributed by atoms with Crippen LogP contribution in [0.15, 0.2) is 0 Å². The van der Waals surface area contributed by atoms with Crippen molar-refractivity contribution in [3.05, 3.63) is 0 Å². The molecule has 2 heteroatoms. The van der Waals surface area contributed by atoms with E-state index in [4.69, 9.17) is 5.21 Å². The molecule has 0 amide bonds. The highest BCUT2D eigenvalue weighted by atomic mass is 16.5. The summed E-state index contributed by atoms with van der Waals surface area (Å²) in [6, 6.07) is 0.367. The second-order valence-corrected chi connectivity index (χ2v) is 3.61. The van der Waals surface area contributed by atoms with Crippen molar-refractivity contribution in [1.82, 2.24) is 5.48 Å². The van der Waals surface area contributed by atoms with Gasteiger partial charge in [0.2, 0.25) is 0 Å². The Kier molecular flexibility index (Phi) is 3.87. The second kappa shape index (κ2) is 4.73. The summed E-state index contributed by atoms with van der Waals surface area (Å²) < 4.78 is 0. The lowest BCUT2D eigenvalue weighted by Gasteiger charge is -2.11. The van der Waals surface area contributed by atoms with E-state index in [1.807, 2.05) is 0 Å². The van der Waals surface area contributed by atoms with Gasteiger partial charge in [-0.05, 0) is 25.2 Å². The minimum atomic E-state index is 0.367. The molecule has 2 N–H and O–H groups in total. The van der Waals surface area contributed by atoms with Crippen LogP contribution in [-0.2, 0) is 0 Å². The number of hydrogen-bond donors (Lipinski definition) is 2. The second-order valence-electron chi connectivity index (χ2n) is 3.61. The van der Waals surface area contributed by atoms with Gasteiger partial charge in [0.1, 0.15) is 0 Å². The fraction of sp³-hybridized carbons (Fsp3) is 1.00. The molecule has 1 aliphatic carbocycles. The lowest BCUT2D eigenvalue weighted by molar-refractivity contribution is 0.118. The fourth-order valence-electron chi connectivity index (χ4n) is 1.92. The summed E-state index contributed by atoms with van der Waals surface area (Å²) in [6.07, 6.45) is 7.51. The van der Waals surface area contributed by atoms with Crippen LogP contribution in [-0.4, -0.2) is 11.2 Å². The summed E-state index contributed by atoms with van der Waals surface area (Å²) in [5.41, 5.74) is 2.39. The first-order chi connectivity index (χ1) is 5.36. The van der Waals surface area contributed by atoms with Gasteiger partial charge in [-0.15, -0.1) is 0 Å². The van der Waals surface area contributed by atoms with Crippen LogP contribution in [0.25, 0.3) is 0 Å². The molecular weight excluding hydrogens is 138 g/mol. The third-order valence-corrected chi connectivity index (χ3v) is 2.85. The van der Waals surface area contributed by atoms with Crippen molar-refractivity contribution < 1.29 is 5.21 Å². The van der Waals surface area contributed by atoms with Crippen LogP contribution in [0.2, 0.25) is 0 Å². The molecule has 0 bridgehead atoms. The van der Waals surface area contributed by atoms with E-state index in [0.717, 1.165) is 18.8 Å². The molecule has 0 saturated heterocycles. The van der Waals surface area contributed by atoms with E-state index in [1.54, 1.807) is 0 Å². The average molecular weight is 157 g/mol. The van der Waals surface area contributed by atoms with Gasteiger partial charge in [-0.3, -0.25) is 0 Å². The normalized spacial score (nSPS) is 33.3. The summed E-state index contributed by atoms with van der Waals surface area (Å²) in [5, 5.41) is 8.72. The molecule has 1 rings (SSSR count). The van der Waals surface area contributed by atoms with E-state index in [9.17, 15) is 0 Å². The van der Waals surface area contributed by atoms with Crippen LogP contribution in [0, 0.1) is 5.92 Å². The van der Waals surface area contributed by atoms with Crippen LogP contribution < -0.4 is 5.48 Å². The topological polar surface area (TPSA) is 32.3 Å². The van der Waals surface area contributed by atoms with Crippen molar-refractivity contribution in [2.45, 2.75) is 51.5 Å².